The number of hydrogen-bond donors (Lipinski definition) is 3. The molecule has 3 saturated heterocycles. The highest BCUT2D eigenvalue weighted by atomic mass is 35.5. The number of ether oxygens (including phenoxy) is 1. The third kappa shape index (κ3) is 4.38. The number of nitrogens with one attached hydrogen (secondary N) is 2. The summed E-state index contributed by atoms with van der Waals surface area (Å²) in [6, 6.07) is 15.5. The Bertz CT molecular complexity index is 1130. The molecular formula is C27H30ClN3O5. The van der Waals surface area contributed by atoms with E-state index in [2.05, 4.69) is 10.6 Å². The number of nitrogens with zero attached hydrogens (tertiary/aromatic N) is 1. The van der Waals surface area contributed by atoms with Gasteiger partial charge < -0.3 is 25.4 Å². The van der Waals surface area contributed by atoms with E-state index in [9.17, 15) is 19.5 Å². The van der Waals surface area contributed by atoms with Crippen molar-refractivity contribution in [3.8, 4) is 0 Å². The van der Waals surface area contributed by atoms with Gasteiger partial charge in [-0.05, 0) is 55.5 Å². The van der Waals surface area contributed by atoms with E-state index >= 15 is 0 Å². The van der Waals surface area contributed by atoms with Gasteiger partial charge >= 0.3 is 0 Å². The molecule has 2 bridgehead atoms. The van der Waals surface area contributed by atoms with Gasteiger partial charge in [-0.1, -0.05) is 41.9 Å². The molecule has 3 fully saturated rings. The number of carbonyl (C=O) groups is 3. The highest BCUT2D eigenvalue weighted by Gasteiger charge is 2.74. The van der Waals surface area contributed by atoms with Crippen LogP contribution >= 0.6 is 11.6 Å². The summed E-state index contributed by atoms with van der Waals surface area (Å²) in [7, 11) is 0. The summed E-state index contributed by atoms with van der Waals surface area (Å²) in [5, 5.41) is 15.7. The van der Waals surface area contributed by atoms with Crippen LogP contribution in [0.5, 0.6) is 0 Å². The molecule has 5 atom stereocenters. The fraction of sp³-hybridized carbons (Fsp3) is 0.444. The second-order valence-corrected chi connectivity index (χ2v) is 10.2. The molecule has 3 aliphatic heterocycles. The van der Waals surface area contributed by atoms with Crippen molar-refractivity contribution in [2.75, 3.05) is 18.5 Å². The molecule has 9 heteroatoms. The van der Waals surface area contributed by atoms with E-state index in [4.69, 9.17) is 16.3 Å². The lowest BCUT2D eigenvalue weighted by molar-refractivity contribution is -0.141. The van der Waals surface area contributed by atoms with E-state index in [0.29, 0.717) is 49.5 Å². The van der Waals surface area contributed by atoms with Crippen molar-refractivity contribution in [1.29, 1.82) is 0 Å². The second kappa shape index (κ2) is 10.2. The van der Waals surface area contributed by atoms with Gasteiger partial charge in [0.2, 0.25) is 17.7 Å². The first-order valence-electron chi connectivity index (χ1n) is 12.4. The summed E-state index contributed by atoms with van der Waals surface area (Å²) in [6.07, 6.45) is 1.80. The number of likely N-dealkylation sites (tertiary alicyclic amines) is 1. The number of carbonyl (C=O) groups excluding carboxylic acids is 3. The molecule has 0 aliphatic carbocycles. The number of fused-ring (bicyclic) bond motifs is 1. The Morgan fingerprint density at radius 3 is 2.56 bits per heavy atom. The number of halogens is 1. The molecule has 0 saturated carbocycles. The van der Waals surface area contributed by atoms with Crippen molar-refractivity contribution in [2.24, 2.45) is 11.8 Å². The lowest BCUT2D eigenvalue weighted by Gasteiger charge is -2.33. The number of benzene rings is 2. The Morgan fingerprint density at radius 1 is 1.08 bits per heavy atom. The van der Waals surface area contributed by atoms with Crippen LogP contribution in [0, 0.1) is 11.8 Å². The topological polar surface area (TPSA) is 108 Å². The average Bonchev–Trinajstić information content (AvgIpc) is 3.52. The maximum Gasteiger partial charge on any atom is 0.250 e. The molecule has 0 aromatic heterocycles. The lowest BCUT2D eigenvalue weighted by atomic mass is 9.70. The molecular weight excluding hydrogens is 482 g/mol. The monoisotopic (exact) mass is 511 g/mol. The van der Waals surface area contributed by atoms with E-state index in [0.717, 1.165) is 5.56 Å². The smallest absolute Gasteiger partial charge is 0.250 e. The summed E-state index contributed by atoms with van der Waals surface area (Å²) in [6.45, 7) is 0.668. The van der Waals surface area contributed by atoms with Crippen LogP contribution in [0.4, 0.5) is 5.69 Å². The summed E-state index contributed by atoms with van der Waals surface area (Å²) in [4.78, 5) is 42.3. The first-order valence-corrected chi connectivity index (χ1v) is 12.8. The Kier molecular flexibility index (Phi) is 7.01. The maximum absolute atomic E-state index is 13.8. The number of anilines is 1. The molecule has 0 radical (unpaired) electrons. The first kappa shape index (κ1) is 24.7. The molecule has 1 spiro atoms. The zero-order chi connectivity index (χ0) is 25.3. The molecule has 5 rings (SSSR count). The van der Waals surface area contributed by atoms with Crippen molar-refractivity contribution in [2.45, 2.75) is 50.0 Å². The Hall–Kier alpha value is -2.94. The fourth-order valence-corrected chi connectivity index (χ4v) is 6.16. The van der Waals surface area contributed by atoms with Gasteiger partial charge in [-0.3, -0.25) is 14.4 Å². The minimum atomic E-state index is -1.05. The Morgan fingerprint density at radius 2 is 1.83 bits per heavy atom. The van der Waals surface area contributed by atoms with Crippen LogP contribution in [0.3, 0.4) is 0 Å². The number of rotatable bonds is 9. The fourth-order valence-electron chi connectivity index (χ4n) is 6.03. The molecule has 3 N–H and O–H groups in total. The summed E-state index contributed by atoms with van der Waals surface area (Å²) >= 11 is 5.98. The first-order chi connectivity index (χ1) is 17.4. The number of hydrogen-bond acceptors (Lipinski definition) is 5. The second-order valence-electron chi connectivity index (χ2n) is 9.72. The number of aliphatic hydroxyl groups is 1. The predicted molar refractivity (Wildman–Crippen MR) is 134 cm³/mol. The minimum absolute atomic E-state index is 0.00132. The number of amides is 3. The number of unbranched alkanes of at least 4 members (excludes halogenated alkanes) is 1. The van der Waals surface area contributed by atoms with E-state index in [1.165, 1.54) is 0 Å². The normalized spacial score (nSPS) is 28.3. The van der Waals surface area contributed by atoms with E-state index in [1.807, 2.05) is 30.3 Å². The standard InChI is InChI=1S/C27H30ClN3O5/c28-18-8-10-19(11-9-18)30-25(34)23-27-13-12-20(36-27)21(22(27)26(35)31(23)14-4-5-15-32)24(33)29-16-17-6-2-1-3-7-17/h1-3,6-11,20-23,32H,4-5,12-16H2,(H,29,33)(H,30,34)/t20-,21+,22+,23?,27?/m1/s1. The third-order valence-electron chi connectivity index (χ3n) is 7.58. The molecule has 2 unspecified atom stereocenters. The summed E-state index contributed by atoms with van der Waals surface area (Å²) < 4.78 is 6.41. The van der Waals surface area contributed by atoms with Gasteiger partial charge in [0.1, 0.15) is 11.6 Å². The Balaban J connectivity index is 1.40. The molecule has 3 aliphatic rings. The van der Waals surface area contributed by atoms with Crippen molar-refractivity contribution in [3.05, 3.63) is 65.2 Å². The Labute approximate surface area is 215 Å². The quantitative estimate of drug-likeness (QED) is 0.449. The van der Waals surface area contributed by atoms with Crippen LogP contribution in [0.25, 0.3) is 0 Å². The SMILES string of the molecule is O=C(Nc1ccc(Cl)cc1)C1N(CCCCO)C(=O)[C@@H]2[C@@H](C(=O)NCc3ccccc3)[C@H]3CCC12O3. The molecule has 190 valence electrons. The average molecular weight is 512 g/mol. The van der Waals surface area contributed by atoms with Crippen molar-refractivity contribution in [3.63, 3.8) is 0 Å². The van der Waals surface area contributed by atoms with Gasteiger partial charge in [0, 0.05) is 30.4 Å². The van der Waals surface area contributed by atoms with Gasteiger partial charge in [-0.2, -0.15) is 0 Å². The summed E-state index contributed by atoms with van der Waals surface area (Å²) in [5.41, 5.74) is 0.483. The zero-order valence-electron chi connectivity index (χ0n) is 19.9. The highest BCUT2D eigenvalue weighted by Crippen LogP contribution is 2.58. The van der Waals surface area contributed by atoms with Gasteiger partial charge in [0.25, 0.3) is 0 Å². The highest BCUT2D eigenvalue weighted by molar-refractivity contribution is 6.30. The van der Waals surface area contributed by atoms with Crippen molar-refractivity contribution in [1.82, 2.24) is 10.2 Å². The molecule has 2 aromatic carbocycles. The largest absolute Gasteiger partial charge is 0.396 e. The summed E-state index contributed by atoms with van der Waals surface area (Å²) in [5.74, 6) is -2.17. The van der Waals surface area contributed by atoms with E-state index < -0.39 is 29.6 Å². The van der Waals surface area contributed by atoms with Gasteiger partial charge in [0.05, 0.1) is 17.9 Å². The van der Waals surface area contributed by atoms with Gasteiger partial charge in [-0.25, -0.2) is 0 Å². The third-order valence-corrected chi connectivity index (χ3v) is 7.83. The number of aliphatic hydroxyl groups excluding tert-OH is 1. The maximum atomic E-state index is 13.8. The van der Waals surface area contributed by atoms with Crippen molar-refractivity contribution >= 4 is 35.0 Å². The predicted octanol–water partition coefficient (Wildman–Crippen LogP) is 2.74. The van der Waals surface area contributed by atoms with Gasteiger partial charge in [-0.15, -0.1) is 0 Å². The van der Waals surface area contributed by atoms with Crippen LogP contribution in [-0.4, -0.2) is 58.6 Å². The van der Waals surface area contributed by atoms with Crippen LogP contribution < -0.4 is 10.6 Å². The lowest BCUT2D eigenvalue weighted by Crippen LogP contribution is -2.53. The van der Waals surface area contributed by atoms with Crippen LogP contribution in [-0.2, 0) is 25.7 Å². The van der Waals surface area contributed by atoms with Crippen LogP contribution in [0.15, 0.2) is 54.6 Å². The van der Waals surface area contributed by atoms with Gasteiger partial charge in [0.15, 0.2) is 0 Å². The zero-order valence-corrected chi connectivity index (χ0v) is 20.6. The molecule has 36 heavy (non-hydrogen) atoms. The van der Waals surface area contributed by atoms with E-state index in [-0.39, 0.29) is 24.3 Å². The van der Waals surface area contributed by atoms with Crippen LogP contribution in [0.1, 0.15) is 31.2 Å². The van der Waals surface area contributed by atoms with Crippen molar-refractivity contribution < 1.29 is 24.2 Å². The van der Waals surface area contributed by atoms with Crippen LogP contribution in [0.2, 0.25) is 5.02 Å². The minimum Gasteiger partial charge on any atom is -0.396 e. The molecule has 3 amide bonds. The molecule has 3 heterocycles. The molecule has 8 nitrogen and oxygen atoms in total. The molecule has 2 aromatic rings. The van der Waals surface area contributed by atoms with E-state index in [1.54, 1.807) is 29.2 Å².